The van der Waals surface area contributed by atoms with E-state index in [1.165, 1.54) is 7.11 Å². The number of H-pyrrole nitrogens is 1. The maximum absolute atomic E-state index is 12.5. The van der Waals surface area contributed by atoms with Crippen molar-refractivity contribution >= 4 is 16.9 Å². The fourth-order valence-corrected chi connectivity index (χ4v) is 4.85. The molecular formula is C28H29N3O4. The third kappa shape index (κ3) is 4.78. The summed E-state index contributed by atoms with van der Waals surface area (Å²) in [6.45, 7) is 3.06. The molecule has 1 atom stereocenters. The zero-order chi connectivity index (χ0) is 24.2. The molecule has 1 unspecified atom stereocenters. The SMILES string of the molecule is COC(=O)c1cccc2[nH]cc(CC(c3cncc(-c4cccc(OC)c4)c3)N3CCOCC3)c12. The molecule has 0 amide bonds. The first-order chi connectivity index (χ1) is 17.2. The predicted octanol–water partition coefficient (Wildman–Crippen LogP) is 4.64. The van der Waals surface area contributed by atoms with Crippen molar-refractivity contribution < 1.29 is 19.0 Å². The van der Waals surface area contributed by atoms with Crippen LogP contribution >= 0.6 is 0 Å². The lowest BCUT2D eigenvalue weighted by Gasteiger charge is -2.35. The predicted molar refractivity (Wildman–Crippen MR) is 135 cm³/mol. The highest BCUT2D eigenvalue weighted by molar-refractivity contribution is 6.05. The van der Waals surface area contributed by atoms with E-state index >= 15 is 0 Å². The number of fused-ring (bicyclic) bond motifs is 1. The van der Waals surface area contributed by atoms with Crippen LogP contribution in [-0.4, -0.2) is 61.4 Å². The summed E-state index contributed by atoms with van der Waals surface area (Å²) < 4.78 is 16.1. The van der Waals surface area contributed by atoms with Crippen molar-refractivity contribution in [2.75, 3.05) is 40.5 Å². The second-order valence-corrected chi connectivity index (χ2v) is 8.64. The van der Waals surface area contributed by atoms with E-state index in [1.54, 1.807) is 7.11 Å². The monoisotopic (exact) mass is 471 g/mol. The van der Waals surface area contributed by atoms with Crippen LogP contribution in [0.1, 0.15) is 27.5 Å². The zero-order valence-corrected chi connectivity index (χ0v) is 20.0. The molecule has 1 saturated heterocycles. The Kier molecular flexibility index (Phi) is 6.79. The smallest absolute Gasteiger partial charge is 0.338 e. The third-order valence-corrected chi connectivity index (χ3v) is 6.64. The second-order valence-electron chi connectivity index (χ2n) is 8.64. The summed E-state index contributed by atoms with van der Waals surface area (Å²) in [5.74, 6) is 0.479. The first-order valence-corrected chi connectivity index (χ1v) is 11.8. The molecule has 1 aliphatic heterocycles. The molecule has 1 aliphatic rings. The summed E-state index contributed by atoms with van der Waals surface area (Å²) >= 11 is 0. The highest BCUT2D eigenvalue weighted by atomic mass is 16.5. The number of methoxy groups -OCH3 is 2. The van der Waals surface area contributed by atoms with Crippen LogP contribution in [0, 0.1) is 0 Å². The zero-order valence-electron chi connectivity index (χ0n) is 20.0. The van der Waals surface area contributed by atoms with Gasteiger partial charge in [-0.05, 0) is 53.4 Å². The number of esters is 1. The molecule has 1 N–H and O–H groups in total. The van der Waals surface area contributed by atoms with Gasteiger partial charge in [-0.1, -0.05) is 18.2 Å². The van der Waals surface area contributed by atoms with Gasteiger partial charge in [-0.15, -0.1) is 0 Å². The fraction of sp³-hybridized carbons (Fsp3) is 0.286. The van der Waals surface area contributed by atoms with Gasteiger partial charge in [0.2, 0.25) is 0 Å². The van der Waals surface area contributed by atoms with E-state index in [-0.39, 0.29) is 12.0 Å². The van der Waals surface area contributed by atoms with Gasteiger partial charge in [0.15, 0.2) is 0 Å². The van der Waals surface area contributed by atoms with E-state index in [1.807, 2.05) is 55.0 Å². The minimum atomic E-state index is -0.332. The number of morpholine rings is 1. The summed E-state index contributed by atoms with van der Waals surface area (Å²) in [5, 5.41) is 0.912. The number of rotatable bonds is 7. The van der Waals surface area contributed by atoms with Gasteiger partial charge >= 0.3 is 5.97 Å². The Morgan fingerprint density at radius 2 is 1.91 bits per heavy atom. The first kappa shape index (κ1) is 23.1. The molecule has 0 radical (unpaired) electrons. The molecule has 0 spiro atoms. The number of pyridine rings is 1. The van der Waals surface area contributed by atoms with E-state index in [9.17, 15) is 4.79 Å². The maximum Gasteiger partial charge on any atom is 0.338 e. The van der Waals surface area contributed by atoms with Crippen molar-refractivity contribution in [1.82, 2.24) is 14.9 Å². The van der Waals surface area contributed by atoms with Crippen LogP contribution in [0.2, 0.25) is 0 Å². The Balaban J connectivity index is 1.55. The number of aromatic nitrogens is 2. The minimum Gasteiger partial charge on any atom is -0.497 e. The van der Waals surface area contributed by atoms with Crippen molar-refractivity contribution in [2.24, 2.45) is 0 Å². The fourth-order valence-electron chi connectivity index (χ4n) is 4.85. The molecule has 7 heteroatoms. The number of hydrogen-bond donors (Lipinski definition) is 1. The Bertz CT molecular complexity index is 1330. The van der Waals surface area contributed by atoms with Gasteiger partial charge < -0.3 is 19.2 Å². The number of aromatic amines is 1. The van der Waals surface area contributed by atoms with Crippen molar-refractivity contribution in [2.45, 2.75) is 12.5 Å². The van der Waals surface area contributed by atoms with E-state index in [0.717, 1.165) is 58.4 Å². The van der Waals surface area contributed by atoms with Gasteiger partial charge in [0, 0.05) is 54.2 Å². The van der Waals surface area contributed by atoms with Crippen LogP contribution in [0.5, 0.6) is 5.75 Å². The van der Waals surface area contributed by atoms with Crippen LogP contribution in [-0.2, 0) is 15.9 Å². The van der Waals surface area contributed by atoms with Crippen LogP contribution in [0.4, 0.5) is 0 Å². The van der Waals surface area contributed by atoms with Gasteiger partial charge in [0.25, 0.3) is 0 Å². The van der Waals surface area contributed by atoms with E-state index in [0.29, 0.717) is 18.8 Å². The maximum atomic E-state index is 12.5. The number of nitrogens with zero attached hydrogens (tertiary/aromatic N) is 2. The number of ether oxygens (including phenoxy) is 3. The van der Waals surface area contributed by atoms with E-state index in [4.69, 9.17) is 14.2 Å². The van der Waals surface area contributed by atoms with Crippen molar-refractivity contribution in [1.29, 1.82) is 0 Å². The largest absolute Gasteiger partial charge is 0.497 e. The average molecular weight is 472 g/mol. The molecule has 0 bridgehead atoms. The van der Waals surface area contributed by atoms with Crippen LogP contribution < -0.4 is 4.74 Å². The highest BCUT2D eigenvalue weighted by Crippen LogP contribution is 2.33. The topological polar surface area (TPSA) is 76.7 Å². The lowest BCUT2D eigenvalue weighted by molar-refractivity contribution is 0.0161. The molecule has 180 valence electrons. The van der Waals surface area contributed by atoms with Gasteiger partial charge in [-0.2, -0.15) is 0 Å². The van der Waals surface area contributed by atoms with Gasteiger partial charge in [-0.3, -0.25) is 9.88 Å². The molecule has 0 saturated carbocycles. The first-order valence-electron chi connectivity index (χ1n) is 11.8. The van der Waals surface area contributed by atoms with Crippen molar-refractivity contribution in [3.63, 3.8) is 0 Å². The van der Waals surface area contributed by atoms with Crippen molar-refractivity contribution in [3.8, 4) is 16.9 Å². The lowest BCUT2D eigenvalue weighted by atomic mass is 9.94. The lowest BCUT2D eigenvalue weighted by Crippen LogP contribution is -2.40. The molecule has 7 nitrogen and oxygen atoms in total. The molecule has 5 rings (SSSR count). The van der Waals surface area contributed by atoms with E-state index in [2.05, 4.69) is 27.0 Å². The quantitative estimate of drug-likeness (QED) is 0.396. The number of benzene rings is 2. The molecular weight excluding hydrogens is 442 g/mol. The van der Waals surface area contributed by atoms with Gasteiger partial charge in [0.05, 0.1) is 33.0 Å². The number of nitrogens with one attached hydrogen (secondary N) is 1. The average Bonchev–Trinajstić information content (AvgIpc) is 3.35. The molecule has 0 aliphatic carbocycles. The summed E-state index contributed by atoms with van der Waals surface area (Å²) in [5.41, 5.74) is 5.78. The standard InChI is InChI=1S/C28H29N3O4/c1-33-23-6-3-5-19(14-23)20-13-21(17-29-16-20)26(31-9-11-35-12-10-31)15-22-18-30-25-8-4-7-24(27(22)25)28(32)34-2/h3-8,13-14,16-18,26,30H,9-12,15H2,1-2H3. The number of carbonyl (C=O) groups excluding carboxylic acids is 1. The van der Waals surface area contributed by atoms with Crippen LogP contribution in [0.25, 0.3) is 22.0 Å². The Labute approximate surface area is 204 Å². The van der Waals surface area contributed by atoms with Crippen LogP contribution in [0.3, 0.4) is 0 Å². The van der Waals surface area contributed by atoms with Gasteiger partial charge in [0.1, 0.15) is 5.75 Å². The molecule has 1 fully saturated rings. The normalized spacial score (nSPS) is 15.1. The summed E-state index contributed by atoms with van der Waals surface area (Å²) in [6, 6.07) is 16.0. The Morgan fingerprint density at radius 1 is 1.09 bits per heavy atom. The summed E-state index contributed by atoms with van der Waals surface area (Å²) in [4.78, 5) is 22.9. The third-order valence-electron chi connectivity index (χ3n) is 6.64. The van der Waals surface area contributed by atoms with Crippen LogP contribution in [0.15, 0.2) is 67.1 Å². The molecule has 2 aromatic heterocycles. The highest BCUT2D eigenvalue weighted by Gasteiger charge is 2.26. The Morgan fingerprint density at radius 3 is 2.71 bits per heavy atom. The summed E-state index contributed by atoms with van der Waals surface area (Å²) in [7, 11) is 3.09. The second kappa shape index (κ2) is 10.3. The molecule has 35 heavy (non-hydrogen) atoms. The minimum absolute atomic E-state index is 0.0710. The molecule has 3 heterocycles. The number of hydrogen-bond acceptors (Lipinski definition) is 6. The Hall–Kier alpha value is -3.68. The van der Waals surface area contributed by atoms with E-state index < -0.39 is 0 Å². The van der Waals surface area contributed by atoms with Gasteiger partial charge in [-0.25, -0.2) is 4.79 Å². The van der Waals surface area contributed by atoms with Crippen molar-refractivity contribution in [3.05, 3.63) is 83.8 Å². The molecule has 2 aromatic carbocycles. The number of carbonyl (C=O) groups is 1. The molecule has 4 aromatic rings. The summed E-state index contributed by atoms with van der Waals surface area (Å²) in [6.07, 6.45) is 6.55.